The molecule has 1 amide bonds. The van der Waals surface area contributed by atoms with Crippen LogP contribution in [0, 0.1) is 21.3 Å². The molecule has 1 aromatic carbocycles. The Morgan fingerprint density at radius 2 is 2.10 bits per heavy atom. The van der Waals surface area contributed by atoms with Gasteiger partial charge in [-0.15, -0.1) is 0 Å². The summed E-state index contributed by atoms with van der Waals surface area (Å²) < 4.78 is 13.0. The van der Waals surface area contributed by atoms with Crippen molar-refractivity contribution < 1.29 is 19.2 Å². The van der Waals surface area contributed by atoms with E-state index in [4.69, 9.17) is 0 Å². The number of nitrogens with zero attached hydrogens (tertiary/aromatic N) is 1. The minimum Gasteiger partial charge on any atom is -0.396 e. The van der Waals surface area contributed by atoms with E-state index in [1.54, 1.807) is 0 Å². The molecule has 1 saturated carbocycles. The van der Waals surface area contributed by atoms with Gasteiger partial charge in [-0.05, 0) is 25.0 Å². The van der Waals surface area contributed by atoms with Gasteiger partial charge in [-0.25, -0.2) is 4.39 Å². The van der Waals surface area contributed by atoms with Gasteiger partial charge in [0, 0.05) is 12.0 Å². The number of nitro groups is 1. The van der Waals surface area contributed by atoms with E-state index >= 15 is 0 Å². The molecule has 1 aliphatic carbocycles. The van der Waals surface area contributed by atoms with Crippen molar-refractivity contribution in [3.05, 3.63) is 39.7 Å². The van der Waals surface area contributed by atoms with Gasteiger partial charge in [0.1, 0.15) is 11.4 Å². The number of aliphatic hydroxyl groups is 1. The molecule has 1 aliphatic rings. The highest BCUT2D eigenvalue weighted by Gasteiger charge is 2.34. The Balaban J connectivity index is 2.12. The van der Waals surface area contributed by atoms with Gasteiger partial charge in [0.05, 0.1) is 17.6 Å². The quantitative estimate of drug-likeness (QED) is 0.642. The molecule has 0 atom stereocenters. The van der Waals surface area contributed by atoms with Crippen LogP contribution in [0.3, 0.4) is 0 Å². The van der Waals surface area contributed by atoms with E-state index in [-0.39, 0.29) is 24.1 Å². The van der Waals surface area contributed by atoms with Crippen LogP contribution in [0.1, 0.15) is 36.0 Å². The number of rotatable bonds is 5. The maximum absolute atomic E-state index is 13.0. The second kappa shape index (κ2) is 6.17. The molecular weight excluding hydrogens is 279 g/mol. The number of benzene rings is 1. The lowest BCUT2D eigenvalue weighted by Crippen LogP contribution is -2.38. The molecule has 0 heterocycles. The van der Waals surface area contributed by atoms with Crippen LogP contribution >= 0.6 is 0 Å². The molecule has 1 aromatic rings. The molecule has 2 rings (SSSR count). The van der Waals surface area contributed by atoms with Crippen molar-refractivity contribution in [1.29, 1.82) is 0 Å². The number of hydrogen-bond donors (Lipinski definition) is 2. The van der Waals surface area contributed by atoms with Crippen molar-refractivity contribution in [2.24, 2.45) is 5.41 Å². The van der Waals surface area contributed by atoms with Gasteiger partial charge >= 0.3 is 0 Å². The number of amides is 1. The predicted molar refractivity (Wildman–Crippen MR) is 73.4 cm³/mol. The molecule has 114 valence electrons. The fourth-order valence-electron chi connectivity index (χ4n) is 2.73. The molecule has 0 spiro atoms. The number of hydrogen-bond acceptors (Lipinski definition) is 4. The zero-order valence-electron chi connectivity index (χ0n) is 11.5. The minimum absolute atomic E-state index is 0.0290. The molecule has 0 aromatic heterocycles. The molecule has 0 unspecified atom stereocenters. The zero-order valence-corrected chi connectivity index (χ0v) is 11.5. The third kappa shape index (κ3) is 3.36. The lowest BCUT2D eigenvalue weighted by atomic mass is 9.87. The first-order valence-corrected chi connectivity index (χ1v) is 6.80. The number of carbonyl (C=O) groups is 1. The smallest absolute Gasteiger partial charge is 0.285 e. The molecule has 0 bridgehead atoms. The van der Waals surface area contributed by atoms with Crippen molar-refractivity contribution in [1.82, 2.24) is 5.32 Å². The molecule has 0 radical (unpaired) electrons. The van der Waals surface area contributed by atoms with Gasteiger partial charge in [0.2, 0.25) is 0 Å². The van der Waals surface area contributed by atoms with Crippen LogP contribution in [-0.4, -0.2) is 29.1 Å². The number of nitrogens with one attached hydrogen (secondary N) is 1. The number of nitro benzene ring substituents is 1. The Kier molecular flexibility index (Phi) is 4.52. The Hall–Kier alpha value is -2.02. The standard InChI is InChI=1S/C14H17FN2O4/c15-10-3-4-11(12(7-10)17(20)21)13(19)16-8-14(9-18)5-1-2-6-14/h3-4,7,18H,1-2,5-6,8-9H2,(H,16,19). The summed E-state index contributed by atoms with van der Waals surface area (Å²) in [5.41, 5.74) is -1.07. The van der Waals surface area contributed by atoms with Gasteiger partial charge in [-0.2, -0.15) is 0 Å². The molecule has 7 heteroatoms. The monoisotopic (exact) mass is 296 g/mol. The normalized spacial score (nSPS) is 16.7. The van der Waals surface area contributed by atoms with Crippen LogP contribution < -0.4 is 5.32 Å². The first kappa shape index (κ1) is 15.4. The van der Waals surface area contributed by atoms with Crippen molar-refractivity contribution in [2.75, 3.05) is 13.2 Å². The van der Waals surface area contributed by atoms with Gasteiger partial charge < -0.3 is 10.4 Å². The number of carbonyl (C=O) groups excluding carboxylic acids is 1. The largest absolute Gasteiger partial charge is 0.396 e. The maximum atomic E-state index is 13.0. The van der Waals surface area contributed by atoms with E-state index in [1.807, 2.05) is 0 Å². The highest BCUT2D eigenvalue weighted by atomic mass is 19.1. The van der Waals surface area contributed by atoms with Gasteiger partial charge in [-0.1, -0.05) is 12.8 Å². The first-order chi connectivity index (χ1) is 9.97. The summed E-state index contributed by atoms with van der Waals surface area (Å²) in [4.78, 5) is 22.2. The lowest BCUT2D eigenvalue weighted by molar-refractivity contribution is -0.385. The maximum Gasteiger partial charge on any atom is 0.285 e. The van der Waals surface area contributed by atoms with Crippen molar-refractivity contribution in [3.8, 4) is 0 Å². The lowest BCUT2D eigenvalue weighted by Gasteiger charge is -2.26. The summed E-state index contributed by atoms with van der Waals surface area (Å²) in [5, 5.41) is 23.0. The third-order valence-corrected chi connectivity index (χ3v) is 4.02. The Morgan fingerprint density at radius 3 is 2.67 bits per heavy atom. The number of aliphatic hydroxyl groups excluding tert-OH is 1. The van der Waals surface area contributed by atoms with Crippen LogP contribution in [0.2, 0.25) is 0 Å². The SMILES string of the molecule is O=C(NCC1(CO)CCCC1)c1ccc(F)cc1[N+](=O)[O-]. The predicted octanol–water partition coefficient (Wildman–Crippen LogP) is 2.02. The van der Waals surface area contributed by atoms with E-state index < -0.39 is 22.3 Å². The van der Waals surface area contributed by atoms with E-state index in [0.29, 0.717) is 0 Å². The van der Waals surface area contributed by atoms with E-state index in [2.05, 4.69) is 5.32 Å². The Morgan fingerprint density at radius 1 is 1.43 bits per heavy atom. The first-order valence-electron chi connectivity index (χ1n) is 6.80. The van der Waals surface area contributed by atoms with Gasteiger partial charge in [0.25, 0.3) is 11.6 Å². The highest BCUT2D eigenvalue weighted by molar-refractivity contribution is 5.98. The van der Waals surface area contributed by atoms with E-state index in [0.717, 1.165) is 43.9 Å². The Labute approximate surface area is 121 Å². The summed E-state index contributed by atoms with van der Waals surface area (Å²) in [6.45, 7) is 0.232. The van der Waals surface area contributed by atoms with Crippen LogP contribution in [-0.2, 0) is 0 Å². The molecule has 2 N–H and O–H groups in total. The second-order valence-corrected chi connectivity index (χ2v) is 5.47. The molecule has 0 aliphatic heterocycles. The van der Waals surface area contributed by atoms with Crippen molar-refractivity contribution >= 4 is 11.6 Å². The topological polar surface area (TPSA) is 92.5 Å². The molecule has 1 fully saturated rings. The van der Waals surface area contributed by atoms with Crippen LogP contribution in [0.4, 0.5) is 10.1 Å². The van der Waals surface area contributed by atoms with Crippen LogP contribution in [0.25, 0.3) is 0 Å². The molecule has 21 heavy (non-hydrogen) atoms. The summed E-state index contributed by atoms with van der Waals surface area (Å²) in [6.07, 6.45) is 3.62. The molecule has 6 nitrogen and oxygen atoms in total. The average Bonchev–Trinajstić information content (AvgIpc) is 2.94. The van der Waals surface area contributed by atoms with Crippen molar-refractivity contribution in [2.45, 2.75) is 25.7 Å². The fourth-order valence-corrected chi connectivity index (χ4v) is 2.73. The Bertz CT molecular complexity index is 556. The van der Waals surface area contributed by atoms with Crippen LogP contribution in [0.5, 0.6) is 0 Å². The summed E-state index contributed by atoms with van der Waals surface area (Å²) >= 11 is 0. The van der Waals surface area contributed by atoms with Gasteiger partial charge in [0.15, 0.2) is 0 Å². The van der Waals surface area contributed by atoms with E-state index in [1.165, 1.54) is 0 Å². The number of halogens is 1. The molecular formula is C14H17FN2O4. The van der Waals surface area contributed by atoms with Gasteiger partial charge in [-0.3, -0.25) is 14.9 Å². The fraction of sp³-hybridized carbons (Fsp3) is 0.500. The average molecular weight is 296 g/mol. The third-order valence-electron chi connectivity index (χ3n) is 4.02. The zero-order chi connectivity index (χ0) is 15.5. The summed E-state index contributed by atoms with van der Waals surface area (Å²) in [7, 11) is 0. The van der Waals surface area contributed by atoms with Crippen molar-refractivity contribution in [3.63, 3.8) is 0 Å². The summed E-state index contributed by atoms with van der Waals surface area (Å²) in [6, 6.07) is 2.84. The minimum atomic E-state index is -0.782. The van der Waals surface area contributed by atoms with Crippen LogP contribution in [0.15, 0.2) is 18.2 Å². The van der Waals surface area contributed by atoms with E-state index in [9.17, 15) is 24.4 Å². The summed E-state index contributed by atoms with van der Waals surface area (Å²) in [5.74, 6) is -1.39. The highest BCUT2D eigenvalue weighted by Crippen LogP contribution is 2.37. The molecule has 0 saturated heterocycles. The second-order valence-electron chi connectivity index (χ2n) is 5.47.